The van der Waals surface area contributed by atoms with Crippen molar-refractivity contribution in [2.75, 3.05) is 0 Å². The summed E-state index contributed by atoms with van der Waals surface area (Å²) in [5, 5.41) is 5.17. The van der Waals surface area contributed by atoms with E-state index in [1.165, 1.54) is 80.1 Å². The minimum Gasteiger partial charge on any atom is -0.0654 e. The van der Waals surface area contributed by atoms with Crippen molar-refractivity contribution in [2.45, 2.75) is 90.9 Å². The summed E-state index contributed by atoms with van der Waals surface area (Å²) in [6.45, 7) is 14.1. The molecule has 0 aliphatic rings. The quantitative estimate of drug-likeness (QED) is 0.253. The first kappa shape index (κ1) is 23.8. The van der Waals surface area contributed by atoms with Gasteiger partial charge in [0.15, 0.2) is 0 Å². The zero-order valence-corrected chi connectivity index (χ0v) is 22.6. The number of benzene rings is 3. The molecule has 30 heavy (non-hydrogen) atoms. The van der Waals surface area contributed by atoms with E-state index in [2.05, 4.69) is 110 Å². The Bertz CT molecular complexity index is 963. The van der Waals surface area contributed by atoms with E-state index in [9.17, 15) is 0 Å². The van der Waals surface area contributed by atoms with Gasteiger partial charge < -0.3 is 0 Å². The molecule has 0 nitrogen and oxygen atoms in total. The third kappa shape index (κ3) is 4.65. The van der Waals surface area contributed by atoms with Crippen molar-refractivity contribution >= 4 is 53.4 Å². The zero-order chi connectivity index (χ0) is 22.1. The zero-order valence-electron chi connectivity index (χ0n) is 19.5. The highest BCUT2D eigenvalue weighted by molar-refractivity contribution is 9.11. The van der Waals surface area contributed by atoms with Crippen LogP contribution in [0.25, 0.3) is 21.5 Å². The number of hydrogen-bond donors (Lipinski definition) is 0. The molecule has 2 heteroatoms. The molecule has 0 amide bonds. The number of hydrogen-bond acceptors (Lipinski definition) is 0. The molecule has 0 atom stereocenters. The Labute approximate surface area is 200 Å². The van der Waals surface area contributed by atoms with E-state index >= 15 is 0 Å². The molecule has 0 aliphatic carbocycles. The summed E-state index contributed by atoms with van der Waals surface area (Å²) >= 11 is 7.93. The van der Waals surface area contributed by atoms with Gasteiger partial charge in [-0.05, 0) is 100 Å². The number of halogens is 2. The molecule has 0 radical (unpaired) electrons. The largest absolute Gasteiger partial charge is 0.0654 e. The fraction of sp³-hybridized carbons (Fsp3) is 0.500. The van der Waals surface area contributed by atoms with Crippen LogP contribution in [0.5, 0.6) is 0 Å². The predicted octanol–water partition coefficient (Wildman–Crippen LogP) is 10.5. The number of fused-ring (bicyclic) bond motifs is 2. The van der Waals surface area contributed by atoms with E-state index in [-0.39, 0.29) is 10.8 Å². The first-order valence-electron chi connectivity index (χ1n) is 11.5. The molecule has 3 aromatic rings. The highest BCUT2D eigenvalue weighted by Crippen LogP contribution is 2.43. The maximum absolute atomic E-state index is 4.00. The van der Waals surface area contributed by atoms with E-state index in [0.29, 0.717) is 0 Å². The molecule has 0 aromatic heterocycles. The van der Waals surface area contributed by atoms with Crippen molar-refractivity contribution in [2.24, 2.45) is 0 Å². The Morgan fingerprint density at radius 3 is 1.33 bits per heavy atom. The predicted molar refractivity (Wildman–Crippen MR) is 142 cm³/mol. The molecule has 0 unspecified atom stereocenters. The van der Waals surface area contributed by atoms with Crippen LogP contribution in [0.4, 0.5) is 0 Å². The lowest BCUT2D eigenvalue weighted by molar-refractivity contribution is 0.458. The van der Waals surface area contributed by atoms with Crippen LogP contribution in [0.2, 0.25) is 0 Å². The maximum Gasteiger partial charge on any atom is 0.0333 e. The molecule has 0 fully saturated rings. The van der Waals surface area contributed by atoms with Gasteiger partial charge in [-0.15, -0.1) is 0 Å². The summed E-state index contributed by atoms with van der Waals surface area (Å²) in [6.07, 6.45) is 7.46. The van der Waals surface area contributed by atoms with E-state index in [0.717, 1.165) is 0 Å². The van der Waals surface area contributed by atoms with Crippen LogP contribution in [0.3, 0.4) is 0 Å². The third-order valence-corrected chi connectivity index (χ3v) is 8.57. The Hall–Kier alpha value is -0.860. The van der Waals surface area contributed by atoms with Gasteiger partial charge in [-0.1, -0.05) is 91.5 Å². The molecule has 0 spiro atoms. The van der Waals surface area contributed by atoms with Gasteiger partial charge in [0.2, 0.25) is 0 Å². The SMILES string of the molecule is CCCCC(C)(C)c1ccc2c(Br)c3ccc(C(C)(C)CCCC)cc3c(Br)c2c1. The van der Waals surface area contributed by atoms with Gasteiger partial charge in [-0.25, -0.2) is 0 Å². The highest BCUT2D eigenvalue weighted by atomic mass is 79.9. The van der Waals surface area contributed by atoms with E-state index < -0.39 is 0 Å². The maximum atomic E-state index is 4.00. The van der Waals surface area contributed by atoms with Crippen LogP contribution >= 0.6 is 31.9 Å². The van der Waals surface area contributed by atoms with Crippen LogP contribution in [-0.4, -0.2) is 0 Å². The minimum atomic E-state index is 0.190. The van der Waals surface area contributed by atoms with Gasteiger partial charge in [0.05, 0.1) is 0 Å². The molecular weight excluding hydrogens is 496 g/mol. The summed E-state index contributed by atoms with van der Waals surface area (Å²) in [5.41, 5.74) is 3.23. The second-order valence-corrected chi connectivity index (χ2v) is 11.7. The van der Waals surface area contributed by atoms with Gasteiger partial charge in [-0.2, -0.15) is 0 Å². The number of unbranched alkanes of at least 4 members (excludes halogenated alkanes) is 2. The lowest BCUT2D eigenvalue weighted by Gasteiger charge is -2.27. The minimum absolute atomic E-state index is 0.190. The van der Waals surface area contributed by atoms with Gasteiger partial charge in [-0.3, -0.25) is 0 Å². The summed E-state index contributed by atoms with van der Waals surface area (Å²) < 4.78 is 2.42. The lowest BCUT2D eigenvalue weighted by Crippen LogP contribution is -2.17. The second-order valence-electron chi connectivity index (χ2n) is 10.1. The molecule has 3 aromatic carbocycles. The Morgan fingerprint density at radius 2 is 0.967 bits per heavy atom. The molecule has 0 saturated heterocycles. The average molecular weight is 532 g/mol. The molecule has 0 bridgehead atoms. The first-order valence-corrected chi connectivity index (χ1v) is 13.1. The molecule has 0 aliphatic heterocycles. The Morgan fingerprint density at radius 1 is 0.600 bits per heavy atom. The van der Waals surface area contributed by atoms with Crippen molar-refractivity contribution in [1.29, 1.82) is 0 Å². The van der Waals surface area contributed by atoms with Crippen molar-refractivity contribution in [1.82, 2.24) is 0 Å². The summed E-state index contributed by atoms with van der Waals surface area (Å²) in [5.74, 6) is 0. The van der Waals surface area contributed by atoms with Crippen molar-refractivity contribution in [3.8, 4) is 0 Å². The fourth-order valence-electron chi connectivity index (χ4n) is 4.49. The van der Waals surface area contributed by atoms with Crippen LogP contribution in [0.1, 0.15) is 91.2 Å². The summed E-state index contributed by atoms with van der Waals surface area (Å²) in [6, 6.07) is 14.1. The number of rotatable bonds is 8. The average Bonchev–Trinajstić information content (AvgIpc) is 2.73. The standard InChI is InChI=1S/C28H36Br2/c1-7-9-15-27(3,4)19-11-13-21-23(17-19)26(30)24-18-20(12-14-22(24)25(21)29)28(5,6)16-10-8-2/h11-14,17-18H,7-10,15-16H2,1-6H3. The second kappa shape index (κ2) is 9.33. The van der Waals surface area contributed by atoms with Crippen LogP contribution in [0, 0.1) is 0 Å². The van der Waals surface area contributed by atoms with Gasteiger partial charge in [0.25, 0.3) is 0 Å². The monoisotopic (exact) mass is 530 g/mol. The van der Waals surface area contributed by atoms with Crippen LogP contribution in [-0.2, 0) is 10.8 Å². The van der Waals surface area contributed by atoms with Crippen molar-refractivity contribution in [3.05, 3.63) is 56.5 Å². The topological polar surface area (TPSA) is 0 Å². The third-order valence-electron chi connectivity index (χ3n) is 6.86. The van der Waals surface area contributed by atoms with Crippen molar-refractivity contribution in [3.63, 3.8) is 0 Å². The molecule has 0 heterocycles. The van der Waals surface area contributed by atoms with Crippen molar-refractivity contribution < 1.29 is 0 Å². The lowest BCUT2D eigenvalue weighted by atomic mass is 9.78. The Kier molecular flexibility index (Phi) is 7.40. The van der Waals surface area contributed by atoms with E-state index in [1.807, 2.05) is 0 Å². The van der Waals surface area contributed by atoms with Crippen LogP contribution < -0.4 is 0 Å². The molecule has 0 N–H and O–H groups in total. The van der Waals surface area contributed by atoms with Gasteiger partial charge >= 0.3 is 0 Å². The molecule has 162 valence electrons. The fourth-order valence-corrected chi connectivity index (χ4v) is 5.84. The summed E-state index contributed by atoms with van der Waals surface area (Å²) in [4.78, 5) is 0. The highest BCUT2D eigenvalue weighted by Gasteiger charge is 2.23. The molecular formula is C28H36Br2. The molecule has 0 saturated carbocycles. The van der Waals surface area contributed by atoms with E-state index in [1.54, 1.807) is 0 Å². The van der Waals surface area contributed by atoms with Gasteiger partial charge in [0.1, 0.15) is 0 Å². The summed E-state index contributed by atoms with van der Waals surface area (Å²) in [7, 11) is 0. The van der Waals surface area contributed by atoms with E-state index in [4.69, 9.17) is 0 Å². The smallest absolute Gasteiger partial charge is 0.0333 e. The molecule has 3 rings (SSSR count). The first-order chi connectivity index (χ1) is 14.1. The van der Waals surface area contributed by atoms with Crippen LogP contribution in [0.15, 0.2) is 45.3 Å². The van der Waals surface area contributed by atoms with Gasteiger partial charge in [0, 0.05) is 8.95 Å². The Balaban J connectivity index is 2.18. The normalized spacial score (nSPS) is 12.8.